The summed E-state index contributed by atoms with van der Waals surface area (Å²) < 4.78 is 5.90. The lowest BCUT2D eigenvalue weighted by atomic mass is 9.78. The molecule has 1 aliphatic carbocycles. The van der Waals surface area contributed by atoms with E-state index >= 15 is 0 Å². The van der Waals surface area contributed by atoms with Gasteiger partial charge in [0.2, 0.25) is 0 Å². The molecule has 2 aromatic rings. The van der Waals surface area contributed by atoms with E-state index < -0.39 is 0 Å². The Morgan fingerprint density at radius 2 is 1.86 bits per heavy atom. The first-order chi connectivity index (χ1) is 10.8. The van der Waals surface area contributed by atoms with Gasteiger partial charge in [0.15, 0.2) is 0 Å². The van der Waals surface area contributed by atoms with Gasteiger partial charge in [-0.15, -0.1) is 0 Å². The van der Waals surface area contributed by atoms with Crippen molar-refractivity contribution in [1.29, 1.82) is 0 Å². The van der Waals surface area contributed by atoms with Crippen molar-refractivity contribution in [2.75, 3.05) is 13.2 Å². The van der Waals surface area contributed by atoms with Crippen LogP contribution < -0.4 is 10.5 Å². The molecule has 1 atom stereocenters. The first-order valence-electron chi connectivity index (χ1n) is 8.37. The third-order valence-corrected chi connectivity index (χ3v) is 4.55. The van der Waals surface area contributed by atoms with Gasteiger partial charge in [-0.2, -0.15) is 0 Å². The highest BCUT2D eigenvalue weighted by Gasteiger charge is 2.24. The molecule has 0 saturated carbocycles. The molecule has 3 rings (SSSR count). The molecule has 1 unspecified atom stereocenters. The van der Waals surface area contributed by atoms with E-state index in [0.717, 1.165) is 25.2 Å². The lowest BCUT2D eigenvalue weighted by Gasteiger charge is -2.28. The van der Waals surface area contributed by atoms with Gasteiger partial charge in [-0.3, -0.25) is 0 Å². The fourth-order valence-electron chi connectivity index (χ4n) is 3.37. The van der Waals surface area contributed by atoms with Gasteiger partial charge in [-0.05, 0) is 47.2 Å². The third kappa shape index (κ3) is 3.02. The summed E-state index contributed by atoms with van der Waals surface area (Å²) in [6.45, 7) is 3.67. The Morgan fingerprint density at radius 1 is 1.05 bits per heavy atom. The number of hydrogen-bond donors (Lipinski definition) is 1. The minimum Gasteiger partial charge on any atom is -0.494 e. The van der Waals surface area contributed by atoms with Crippen molar-refractivity contribution in [2.45, 2.75) is 38.5 Å². The Kier molecular flexibility index (Phi) is 4.79. The molecule has 0 spiro atoms. The van der Waals surface area contributed by atoms with Gasteiger partial charge in [0.1, 0.15) is 5.75 Å². The largest absolute Gasteiger partial charge is 0.494 e. The van der Waals surface area contributed by atoms with E-state index in [1.807, 2.05) is 0 Å². The van der Waals surface area contributed by atoms with Crippen LogP contribution in [0.15, 0.2) is 42.5 Å². The summed E-state index contributed by atoms with van der Waals surface area (Å²) in [5.41, 5.74) is 11.6. The zero-order valence-corrected chi connectivity index (χ0v) is 13.3. The summed E-state index contributed by atoms with van der Waals surface area (Å²) in [5, 5.41) is 0. The topological polar surface area (TPSA) is 35.2 Å². The molecule has 2 N–H and O–H groups in total. The van der Waals surface area contributed by atoms with E-state index in [4.69, 9.17) is 10.5 Å². The molecular weight excluding hydrogens is 270 g/mol. The van der Waals surface area contributed by atoms with Crippen LogP contribution in [0.25, 0.3) is 0 Å². The monoisotopic (exact) mass is 295 g/mol. The van der Waals surface area contributed by atoms with E-state index in [-0.39, 0.29) is 0 Å². The number of ether oxygens (including phenoxy) is 1. The number of unbranched alkanes of at least 4 members (excludes halogenated alkanes) is 2. The van der Waals surface area contributed by atoms with E-state index in [0.29, 0.717) is 12.5 Å². The van der Waals surface area contributed by atoms with Gasteiger partial charge in [0.25, 0.3) is 0 Å². The van der Waals surface area contributed by atoms with Gasteiger partial charge in [0.05, 0.1) is 6.61 Å². The molecule has 0 amide bonds. The number of nitrogens with two attached hydrogens (primary N) is 1. The molecule has 0 aromatic heterocycles. The maximum absolute atomic E-state index is 6.05. The molecule has 0 saturated heterocycles. The first kappa shape index (κ1) is 15.1. The van der Waals surface area contributed by atoms with Gasteiger partial charge < -0.3 is 10.5 Å². The fourth-order valence-corrected chi connectivity index (χ4v) is 3.37. The third-order valence-electron chi connectivity index (χ3n) is 4.55. The smallest absolute Gasteiger partial charge is 0.119 e. The molecule has 0 heterocycles. The molecule has 22 heavy (non-hydrogen) atoms. The van der Waals surface area contributed by atoms with Gasteiger partial charge >= 0.3 is 0 Å². The molecule has 0 aliphatic heterocycles. The molecule has 0 radical (unpaired) electrons. The SMILES string of the molecule is CCCCCOc1ccc2c(c1)Cc1ccccc1C2CN. The number of benzene rings is 2. The minimum atomic E-state index is 0.314. The van der Waals surface area contributed by atoms with E-state index in [9.17, 15) is 0 Å². The highest BCUT2D eigenvalue weighted by Crippen LogP contribution is 2.37. The second-order valence-electron chi connectivity index (χ2n) is 6.08. The van der Waals surface area contributed by atoms with Crippen LogP contribution in [-0.4, -0.2) is 13.2 Å². The lowest BCUT2D eigenvalue weighted by molar-refractivity contribution is 0.306. The standard InChI is InChI=1S/C20H25NO/c1-2-3-6-11-22-17-9-10-19-16(13-17)12-15-7-4-5-8-18(15)20(19)14-21/h4-5,7-10,13,20H,2-3,6,11-12,14,21H2,1H3. The molecule has 2 nitrogen and oxygen atoms in total. The van der Waals surface area contributed by atoms with Crippen molar-refractivity contribution < 1.29 is 4.74 Å². The highest BCUT2D eigenvalue weighted by atomic mass is 16.5. The minimum absolute atomic E-state index is 0.314. The number of rotatable bonds is 6. The van der Waals surface area contributed by atoms with Crippen molar-refractivity contribution in [1.82, 2.24) is 0 Å². The van der Waals surface area contributed by atoms with Crippen molar-refractivity contribution in [3.05, 3.63) is 64.7 Å². The molecule has 1 aliphatic rings. The predicted molar refractivity (Wildman–Crippen MR) is 91.6 cm³/mol. The van der Waals surface area contributed by atoms with Crippen LogP contribution in [0, 0.1) is 0 Å². The first-order valence-corrected chi connectivity index (χ1v) is 8.37. The molecule has 116 valence electrons. The molecule has 0 fully saturated rings. The van der Waals surface area contributed by atoms with E-state index in [1.165, 1.54) is 35.1 Å². The van der Waals surface area contributed by atoms with Gasteiger partial charge in [-0.1, -0.05) is 50.1 Å². The van der Waals surface area contributed by atoms with Crippen LogP contribution in [0.1, 0.15) is 54.4 Å². The normalized spacial score (nSPS) is 16.0. The number of fused-ring (bicyclic) bond motifs is 2. The van der Waals surface area contributed by atoms with Crippen LogP contribution >= 0.6 is 0 Å². The van der Waals surface area contributed by atoms with Crippen LogP contribution in [0.2, 0.25) is 0 Å². The predicted octanol–water partition coefficient (Wildman–Crippen LogP) is 4.25. The Bertz CT molecular complexity index is 635. The molecule has 2 heteroatoms. The molecule has 2 aromatic carbocycles. The van der Waals surface area contributed by atoms with Crippen LogP contribution in [0.5, 0.6) is 5.75 Å². The summed E-state index contributed by atoms with van der Waals surface area (Å²) in [5.74, 6) is 1.30. The summed E-state index contributed by atoms with van der Waals surface area (Å²) >= 11 is 0. The van der Waals surface area contributed by atoms with Crippen molar-refractivity contribution >= 4 is 0 Å². The zero-order chi connectivity index (χ0) is 15.4. The summed E-state index contributed by atoms with van der Waals surface area (Å²) in [6, 6.07) is 15.2. The Hall–Kier alpha value is -1.80. The average Bonchev–Trinajstić information content (AvgIpc) is 2.56. The van der Waals surface area contributed by atoms with Crippen LogP contribution in [0.3, 0.4) is 0 Å². The van der Waals surface area contributed by atoms with Crippen molar-refractivity contribution in [2.24, 2.45) is 5.73 Å². The second kappa shape index (κ2) is 6.97. The Balaban J connectivity index is 1.82. The highest BCUT2D eigenvalue weighted by molar-refractivity contribution is 5.51. The Morgan fingerprint density at radius 3 is 2.68 bits per heavy atom. The maximum Gasteiger partial charge on any atom is 0.119 e. The summed E-state index contributed by atoms with van der Waals surface area (Å²) in [6.07, 6.45) is 4.56. The zero-order valence-electron chi connectivity index (χ0n) is 13.3. The fraction of sp³-hybridized carbons (Fsp3) is 0.400. The molecule has 0 bridgehead atoms. The van der Waals surface area contributed by atoms with Crippen LogP contribution in [0.4, 0.5) is 0 Å². The van der Waals surface area contributed by atoms with Crippen molar-refractivity contribution in [3.8, 4) is 5.75 Å². The lowest BCUT2D eigenvalue weighted by Crippen LogP contribution is -2.21. The van der Waals surface area contributed by atoms with Crippen LogP contribution in [-0.2, 0) is 6.42 Å². The van der Waals surface area contributed by atoms with E-state index in [1.54, 1.807) is 0 Å². The summed E-state index contributed by atoms with van der Waals surface area (Å²) in [7, 11) is 0. The van der Waals surface area contributed by atoms with Gasteiger partial charge in [-0.25, -0.2) is 0 Å². The maximum atomic E-state index is 6.05. The second-order valence-corrected chi connectivity index (χ2v) is 6.08. The van der Waals surface area contributed by atoms with E-state index in [2.05, 4.69) is 49.4 Å². The van der Waals surface area contributed by atoms with Crippen molar-refractivity contribution in [3.63, 3.8) is 0 Å². The summed E-state index contributed by atoms with van der Waals surface area (Å²) in [4.78, 5) is 0. The number of hydrogen-bond acceptors (Lipinski definition) is 2. The quantitative estimate of drug-likeness (QED) is 0.809. The molecular formula is C20H25NO. The Labute approximate surface area is 133 Å². The average molecular weight is 295 g/mol. The van der Waals surface area contributed by atoms with Gasteiger partial charge in [0, 0.05) is 12.5 Å².